The minimum absolute atomic E-state index is 0.0303. The van der Waals surface area contributed by atoms with Gasteiger partial charge in [0.1, 0.15) is 0 Å². The average molecular weight is 307 g/mol. The molecule has 1 atom stereocenters. The summed E-state index contributed by atoms with van der Waals surface area (Å²) >= 11 is 0. The third kappa shape index (κ3) is 5.31. The summed E-state index contributed by atoms with van der Waals surface area (Å²) in [5.74, 6) is -0.0771. The summed E-state index contributed by atoms with van der Waals surface area (Å²) < 4.78 is 0. The van der Waals surface area contributed by atoms with Crippen molar-refractivity contribution in [1.29, 1.82) is 0 Å². The Morgan fingerprint density at radius 2 is 1.82 bits per heavy atom. The molecule has 0 radical (unpaired) electrons. The van der Waals surface area contributed by atoms with Gasteiger partial charge in [-0.1, -0.05) is 0 Å². The van der Waals surface area contributed by atoms with Crippen LogP contribution in [0.5, 0.6) is 0 Å². The third-order valence-electron chi connectivity index (χ3n) is 3.86. The average Bonchev–Trinajstić information content (AvgIpc) is 2.48. The lowest BCUT2D eigenvalue weighted by Gasteiger charge is -2.27. The number of carbonyl (C=O) groups excluding carboxylic acids is 1. The highest BCUT2D eigenvalue weighted by Crippen LogP contribution is 2.19. The highest BCUT2D eigenvalue weighted by Gasteiger charge is 2.13. The fourth-order valence-corrected chi connectivity index (χ4v) is 2.30. The fraction of sp³-hybridized carbons (Fsp3) is 0.588. The van der Waals surface area contributed by atoms with Gasteiger partial charge in [-0.2, -0.15) is 0 Å². The van der Waals surface area contributed by atoms with Crippen LogP contribution < -0.4 is 10.2 Å². The first-order chi connectivity index (χ1) is 10.4. The van der Waals surface area contributed by atoms with E-state index in [0.29, 0.717) is 6.04 Å². The van der Waals surface area contributed by atoms with Crippen LogP contribution in [0.2, 0.25) is 0 Å². The number of aliphatic hydroxyl groups is 1. The summed E-state index contributed by atoms with van der Waals surface area (Å²) in [5.41, 5.74) is 1.94. The normalized spacial score (nSPS) is 12.5. The first kappa shape index (κ1) is 18.5. The Kier molecular flexibility index (Phi) is 7.35. The summed E-state index contributed by atoms with van der Waals surface area (Å²) in [6.45, 7) is 9.60. The van der Waals surface area contributed by atoms with Crippen molar-refractivity contribution >= 4 is 17.3 Å². The van der Waals surface area contributed by atoms with E-state index >= 15 is 0 Å². The van der Waals surface area contributed by atoms with Crippen molar-refractivity contribution < 1.29 is 9.90 Å². The maximum absolute atomic E-state index is 12.0. The molecule has 1 rings (SSSR count). The molecular weight excluding hydrogens is 278 g/mol. The third-order valence-corrected chi connectivity index (χ3v) is 3.86. The number of hydrogen-bond acceptors (Lipinski definition) is 4. The van der Waals surface area contributed by atoms with Gasteiger partial charge in [0, 0.05) is 30.0 Å². The van der Waals surface area contributed by atoms with Crippen molar-refractivity contribution in [2.75, 3.05) is 37.0 Å². The van der Waals surface area contributed by atoms with Gasteiger partial charge in [0.25, 0.3) is 0 Å². The van der Waals surface area contributed by atoms with Crippen LogP contribution in [0, 0.1) is 0 Å². The van der Waals surface area contributed by atoms with Crippen molar-refractivity contribution in [3.63, 3.8) is 0 Å². The van der Waals surface area contributed by atoms with Crippen molar-refractivity contribution in [1.82, 2.24) is 4.90 Å². The molecule has 1 unspecified atom stereocenters. The molecule has 22 heavy (non-hydrogen) atoms. The van der Waals surface area contributed by atoms with E-state index < -0.39 is 0 Å². The molecule has 124 valence electrons. The molecule has 0 aliphatic rings. The van der Waals surface area contributed by atoms with E-state index in [1.165, 1.54) is 0 Å². The van der Waals surface area contributed by atoms with Crippen molar-refractivity contribution in [3.05, 3.63) is 24.3 Å². The second kappa shape index (κ2) is 8.76. The molecule has 1 aromatic carbocycles. The fourth-order valence-electron chi connectivity index (χ4n) is 2.30. The first-order valence-corrected chi connectivity index (χ1v) is 7.86. The number of anilines is 2. The summed E-state index contributed by atoms with van der Waals surface area (Å²) in [6.07, 6.45) is 0. The quantitative estimate of drug-likeness (QED) is 0.773. The lowest BCUT2D eigenvalue weighted by Crippen LogP contribution is -2.38. The van der Waals surface area contributed by atoms with Crippen LogP contribution in [0.1, 0.15) is 27.7 Å². The Morgan fingerprint density at radius 3 is 2.27 bits per heavy atom. The van der Waals surface area contributed by atoms with E-state index in [0.717, 1.165) is 17.9 Å². The molecular formula is C17H29N3O2. The second-order valence-corrected chi connectivity index (χ2v) is 5.92. The smallest absolute Gasteiger partial charge is 0.238 e. The minimum atomic E-state index is -0.0771. The van der Waals surface area contributed by atoms with Gasteiger partial charge >= 0.3 is 0 Å². The van der Waals surface area contributed by atoms with Gasteiger partial charge in [-0.25, -0.2) is 0 Å². The Balaban J connectivity index is 2.62. The number of carbonyl (C=O) groups is 1. The molecule has 0 aliphatic carbocycles. The zero-order valence-electron chi connectivity index (χ0n) is 14.3. The summed E-state index contributed by atoms with van der Waals surface area (Å²) in [5, 5.41) is 12.0. The molecule has 0 saturated heterocycles. The molecule has 5 nitrogen and oxygen atoms in total. The zero-order valence-corrected chi connectivity index (χ0v) is 14.3. The SMILES string of the molecule is CCN(c1ccc(NC(=O)CN(C)C(C)CO)cc1)C(C)C. The van der Waals surface area contributed by atoms with Crippen LogP contribution in [0.15, 0.2) is 24.3 Å². The van der Waals surface area contributed by atoms with E-state index in [-0.39, 0.29) is 25.1 Å². The van der Waals surface area contributed by atoms with Gasteiger partial charge < -0.3 is 15.3 Å². The highest BCUT2D eigenvalue weighted by molar-refractivity contribution is 5.92. The molecule has 0 spiro atoms. The van der Waals surface area contributed by atoms with E-state index in [4.69, 9.17) is 5.11 Å². The molecule has 0 aromatic heterocycles. The highest BCUT2D eigenvalue weighted by atomic mass is 16.3. The van der Waals surface area contributed by atoms with Gasteiger partial charge in [-0.15, -0.1) is 0 Å². The Morgan fingerprint density at radius 1 is 1.23 bits per heavy atom. The monoisotopic (exact) mass is 307 g/mol. The molecule has 0 fully saturated rings. The molecule has 0 saturated carbocycles. The van der Waals surface area contributed by atoms with Crippen LogP contribution in [0.25, 0.3) is 0 Å². The molecule has 0 bridgehead atoms. The predicted molar refractivity (Wildman–Crippen MR) is 92.4 cm³/mol. The van der Waals surface area contributed by atoms with Gasteiger partial charge in [0.15, 0.2) is 0 Å². The van der Waals surface area contributed by atoms with Crippen LogP contribution in [-0.2, 0) is 4.79 Å². The number of nitrogens with one attached hydrogen (secondary N) is 1. The molecule has 1 amide bonds. The number of likely N-dealkylation sites (N-methyl/N-ethyl adjacent to an activating group) is 1. The zero-order chi connectivity index (χ0) is 16.7. The van der Waals surface area contributed by atoms with Gasteiger partial charge in [-0.3, -0.25) is 9.69 Å². The molecule has 0 heterocycles. The summed E-state index contributed by atoms with van der Waals surface area (Å²) in [4.78, 5) is 16.1. The lowest BCUT2D eigenvalue weighted by molar-refractivity contribution is -0.117. The van der Waals surface area contributed by atoms with E-state index in [2.05, 4.69) is 31.0 Å². The van der Waals surface area contributed by atoms with Crippen molar-refractivity contribution in [2.45, 2.75) is 39.8 Å². The standard InChI is InChI=1S/C17H29N3O2/c1-6-20(13(2)3)16-9-7-15(8-10-16)18-17(22)11-19(5)14(4)12-21/h7-10,13-14,21H,6,11-12H2,1-5H3,(H,18,22). The molecule has 0 aliphatic heterocycles. The molecule has 1 aromatic rings. The number of hydrogen-bond donors (Lipinski definition) is 2. The Labute approximate surface area is 133 Å². The van der Waals surface area contributed by atoms with E-state index in [9.17, 15) is 4.79 Å². The van der Waals surface area contributed by atoms with Crippen molar-refractivity contribution in [3.8, 4) is 0 Å². The number of amides is 1. The number of benzene rings is 1. The van der Waals surface area contributed by atoms with Crippen LogP contribution in [-0.4, -0.2) is 54.7 Å². The second-order valence-electron chi connectivity index (χ2n) is 5.92. The van der Waals surface area contributed by atoms with Crippen LogP contribution >= 0.6 is 0 Å². The largest absolute Gasteiger partial charge is 0.395 e. The molecule has 2 N–H and O–H groups in total. The van der Waals surface area contributed by atoms with Gasteiger partial charge in [0.2, 0.25) is 5.91 Å². The first-order valence-electron chi connectivity index (χ1n) is 7.86. The van der Waals surface area contributed by atoms with Gasteiger partial charge in [-0.05, 0) is 59.0 Å². The number of rotatable bonds is 8. The summed E-state index contributed by atoms with van der Waals surface area (Å²) in [6, 6.07) is 8.32. The minimum Gasteiger partial charge on any atom is -0.395 e. The topological polar surface area (TPSA) is 55.8 Å². The van der Waals surface area contributed by atoms with Crippen LogP contribution in [0.4, 0.5) is 11.4 Å². The Bertz CT molecular complexity index is 459. The maximum Gasteiger partial charge on any atom is 0.238 e. The summed E-state index contributed by atoms with van der Waals surface area (Å²) in [7, 11) is 1.82. The lowest BCUT2D eigenvalue weighted by atomic mass is 10.2. The maximum atomic E-state index is 12.0. The van der Waals surface area contributed by atoms with E-state index in [1.54, 1.807) is 0 Å². The predicted octanol–water partition coefficient (Wildman–Crippen LogP) is 2.17. The number of aliphatic hydroxyl groups excluding tert-OH is 1. The number of nitrogens with zero attached hydrogens (tertiary/aromatic N) is 2. The van der Waals surface area contributed by atoms with Crippen LogP contribution in [0.3, 0.4) is 0 Å². The van der Waals surface area contributed by atoms with E-state index in [1.807, 2.05) is 43.1 Å². The van der Waals surface area contributed by atoms with Gasteiger partial charge in [0.05, 0.1) is 13.2 Å². The molecule has 5 heteroatoms. The van der Waals surface area contributed by atoms with Crippen molar-refractivity contribution in [2.24, 2.45) is 0 Å². The Hall–Kier alpha value is -1.59.